The molecular weight excluding hydrogens is 396 g/mol. The van der Waals surface area contributed by atoms with Crippen LogP contribution in [0.15, 0.2) is 0 Å². The van der Waals surface area contributed by atoms with Gasteiger partial charge in [-0.25, -0.2) is 8.42 Å². The van der Waals surface area contributed by atoms with E-state index in [4.69, 9.17) is 0 Å². The molecule has 0 aromatic carbocycles. The zero-order valence-electron chi connectivity index (χ0n) is 18.5. The van der Waals surface area contributed by atoms with Crippen LogP contribution in [0, 0.1) is 16.7 Å². The van der Waals surface area contributed by atoms with Crippen LogP contribution in [-0.4, -0.2) is 46.5 Å². The Morgan fingerprint density at radius 1 is 1.21 bits per heavy atom. The largest absolute Gasteiger partial charge is 0.748 e. The van der Waals surface area contributed by atoms with Gasteiger partial charge in [0.2, 0.25) is 0 Å². The van der Waals surface area contributed by atoms with Crippen molar-refractivity contribution in [1.29, 1.82) is 0 Å². The number of hydrogen-bond acceptors (Lipinski definition) is 5. The molecule has 0 saturated heterocycles. The third-order valence-electron chi connectivity index (χ3n) is 6.63. The number of hydrogen-bond donors (Lipinski definition) is 0. The molecule has 0 spiro atoms. The van der Waals surface area contributed by atoms with Crippen LogP contribution in [0.1, 0.15) is 80.6 Å². The van der Waals surface area contributed by atoms with Crippen molar-refractivity contribution in [2.75, 3.05) is 11.5 Å². The van der Waals surface area contributed by atoms with Crippen LogP contribution in [0.3, 0.4) is 0 Å². The molecule has 5 nitrogen and oxygen atoms in total. The zero-order valence-corrected chi connectivity index (χ0v) is 20.2. The first-order chi connectivity index (χ1) is 12.7. The van der Waals surface area contributed by atoms with E-state index in [1.54, 1.807) is 0 Å². The number of fused-ring (bicyclic) bond motifs is 2. The minimum atomic E-state index is -4.33. The van der Waals surface area contributed by atoms with Gasteiger partial charge in [-0.05, 0) is 69.2 Å². The van der Waals surface area contributed by atoms with E-state index in [0.717, 1.165) is 25.0 Å². The quantitative estimate of drug-likeness (QED) is 0.429. The van der Waals surface area contributed by atoms with Crippen molar-refractivity contribution in [2.45, 2.75) is 91.1 Å². The van der Waals surface area contributed by atoms with Crippen LogP contribution in [0.25, 0.3) is 0 Å². The van der Waals surface area contributed by atoms with Crippen LogP contribution in [0.5, 0.6) is 0 Å². The molecule has 164 valence electrons. The van der Waals surface area contributed by atoms with Gasteiger partial charge in [-0.15, -0.1) is 0 Å². The van der Waals surface area contributed by atoms with Gasteiger partial charge in [-0.3, -0.25) is 9.59 Å². The second-order valence-electron chi connectivity index (χ2n) is 9.37. The van der Waals surface area contributed by atoms with E-state index in [1.807, 2.05) is 13.8 Å². The summed E-state index contributed by atoms with van der Waals surface area (Å²) >= 11 is 0. The third-order valence-corrected chi connectivity index (χ3v) is 10.6. The Balaban J connectivity index is 0.000000284. The Morgan fingerprint density at radius 2 is 1.75 bits per heavy atom. The minimum absolute atomic E-state index is 0.0248. The summed E-state index contributed by atoms with van der Waals surface area (Å²) in [7, 11) is -4.04. The maximum atomic E-state index is 11.8. The van der Waals surface area contributed by atoms with Gasteiger partial charge in [-0.1, -0.05) is 20.8 Å². The van der Waals surface area contributed by atoms with E-state index in [0.29, 0.717) is 40.0 Å². The van der Waals surface area contributed by atoms with Crippen molar-refractivity contribution >= 4 is 32.6 Å². The number of ketones is 2. The lowest BCUT2D eigenvalue weighted by Gasteiger charge is -2.37. The lowest BCUT2D eigenvalue weighted by molar-refractivity contribution is -0.128. The summed E-state index contributed by atoms with van der Waals surface area (Å²) in [6, 6.07) is 0. The Labute approximate surface area is 174 Å². The highest BCUT2D eigenvalue weighted by Crippen LogP contribution is 2.64. The van der Waals surface area contributed by atoms with Gasteiger partial charge in [0.1, 0.15) is 16.3 Å². The minimum Gasteiger partial charge on any atom is -0.748 e. The predicted octanol–water partition coefficient (Wildman–Crippen LogP) is 3.72. The van der Waals surface area contributed by atoms with Crippen LogP contribution in [0.2, 0.25) is 0 Å². The van der Waals surface area contributed by atoms with Crippen molar-refractivity contribution < 1.29 is 22.6 Å². The predicted molar refractivity (Wildman–Crippen MR) is 116 cm³/mol. The van der Waals surface area contributed by atoms with E-state index in [9.17, 15) is 22.6 Å². The fraction of sp³-hybridized carbons (Fsp3) is 0.905. The van der Waals surface area contributed by atoms with Crippen LogP contribution >= 0.6 is 0 Å². The second-order valence-corrected chi connectivity index (χ2v) is 13.9. The summed E-state index contributed by atoms with van der Waals surface area (Å²) in [5, 5.41) is 1.31. The second kappa shape index (κ2) is 9.61. The third kappa shape index (κ3) is 5.82. The molecule has 2 fully saturated rings. The number of rotatable bonds is 8. The lowest BCUT2D eigenvalue weighted by atomic mass is 9.70. The molecule has 2 rings (SSSR count). The summed E-state index contributed by atoms with van der Waals surface area (Å²) in [5.74, 6) is 0.981. The van der Waals surface area contributed by atoms with Gasteiger partial charge >= 0.3 is 0 Å². The molecule has 2 unspecified atom stereocenters. The summed E-state index contributed by atoms with van der Waals surface area (Å²) in [6.45, 7) is 14.8. The summed E-state index contributed by atoms with van der Waals surface area (Å²) in [5.41, 5.74) is -1.22. The first kappa shape index (κ1) is 25.6. The first-order valence-electron chi connectivity index (χ1n) is 10.3. The molecule has 2 bridgehead atoms. The number of Topliss-reactive ketones (excluding diaryl/α,β-unsaturated/α-hetero) is 2. The first-order valence-corrected chi connectivity index (χ1v) is 13.4. The van der Waals surface area contributed by atoms with Crippen LogP contribution in [0.4, 0.5) is 0 Å². The van der Waals surface area contributed by atoms with Gasteiger partial charge < -0.3 is 4.55 Å². The average molecular weight is 435 g/mol. The molecule has 2 aliphatic carbocycles. The maximum absolute atomic E-state index is 11.8. The SMILES string of the molecule is CC1(C)C2CCC1(CS(=O)(=O)[O-])C(=O)C2.CCCC(=O)C[S+](C(C)C)C(C)C. The van der Waals surface area contributed by atoms with Crippen molar-refractivity contribution in [2.24, 2.45) is 16.7 Å². The van der Waals surface area contributed by atoms with Gasteiger partial charge in [0, 0.05) is 18.3 Å². The van der Waals surface area contributed by atoms with E-state index in [2.05, 4.69) is 34.6 Å². The van der Waals surface area contributed by atoms with E-state index >= 15 is 0 Å². The molecule has 0 radical (unpaired) electrons. The molecule has 0 N–H and O–H groups in total. The van der Waals surface area contributed by atoms with E-state index in [-0.39, 0.29) is 17.1 Å². The fourth-order valence-corrected chi connectivity index (χ4v) is 8.38. The normalized spacial score (nSPS) is 26.1. The Hall–Kier alpha value is -0.400. The Kier molecular flexibility index (Phi) is 8.80. The van der Waals surface area contributed by atoms with Crippen molar-refractivity contribution in [3.8, 4) is 0 Å². The monoisotopic (exact) mass is 434 g/mol. The Bertz CT molecular complexity index is 658. The lowest BCUT2D eigenvalue weighted by Crippen LogP contribution is -2.42. The van der Waals surface area contributed by atoms with Gasteiger partial charge in [0.25, 0.3) is 0 Å². The maximum Gasteiger partial charge on any atom is 0.181 e. The highest BCUT2D eigenvalue weighted by atomic mass is 32.2. The molecular formula is C21H38O5S2. The molecule has 2 atom stereocenters. The van der Waals surface area contributed by atoms with Gasteiger partial charge in [-0.2, -0.15) is 0 Å². The molecule has 7 heteroatoms. The summed E-state index contributed by atoms with van der Waals surface area (Å²) in [4.78, 5) is 23.3. The highest BCUT2D eigenvalue weighted by molar-refractivity contribution is 7.98. The molecule has 0 amide bonds. The number of carbonyl (C=O) groups is 2. The summed E-state index contributed by atoms with van der Waals surface area (Å²) < 4.78 is 32.7. The smallest absolute Gasteiger partial charge is 0.181 e. The molecule has 0 aromatic rings. The highest BCUT2D eigenvalue weighted by Gasteiger charge is 2.64. The zero-order chi connectivity index (χ0) is 21.9. The van der Waals surface area contributed by atoms with Gasteiger partial charge in [0.15, 0.2) is 11.5 Å². The molecule has 2 saturated carbocycles. The van der Waals surface area contributed by atoms with E-state index in [1.165, 1.54) is 0 Å². The molecule has 28 heavy (non-hydrogen) atoms. The van der Waals surface area contributed by atoms with Crippen molar-refractivity contribution in [3.05, 3.63) is 0 Å². The van der Waals surface area contributed by atoms with Crippen LogP contribution in [-0.2, 0) is 30.6 Å². The topological polar surface area (TPSA) is 91.3 Å². The average Bonchev–Trinajstić information content (AvgIpc) is 2.85. The van der Waals surface area contributed by atoms with Crippen molar-refractivity contribution in [1.82, 2.24) is 0 Å². The molecule has 0 aliphatic heterocycles. The number of carbonyl (C=O) groups excluding carboxylic acids is 2. The molecule has 0 aromatic heterocycles. The van der Waals surface area contributed by atoms with Crippen molar-refractivity contribution in [3.63, 3.8) is 0 Å². The van der Waals surface area contributed by atoms with Crippen LogP contribution < -0.4 is 0 Å². The molecule has 2 aliphatic rings. The van der Waals surface area contributed by atoms with E-state index < -0.39 is 21.3 Å². The summed E-state index contributed by atoms with van der Waals surface area (Å²) in [6.07, 6.45) is 3.64. The standard InChI is InChI=1S/C11H23OS.C10H16O4S/c1-6-7-11(12)8-13(9(2)3)10(4)5;1-9(2)7-3-4-10(9,8(11)5-7)6-15(12,13)14/h9-10H,6-8H2,1-5H3;7H,3-6H2,1-2H3,(H,12,13,14)/q+1;/p-1. The van der Waals surface area contributed by atoms with Gasteiger partial charge in [0.05, 0.1) is 15.9 Å². The Morgan fingerprint density at radius 3 is 2.07 bits per heavy atom. The molecule has 0 heterocycles. The fourth-order valence-electron chi connectivity index (χ4n) is 4.82.